The molecule has 2 aliphatic heterocycles. The third kappa shape index (κ3) is 4.09. The summed E-state index contributed by atoms with van der Waals surface area (Å²) >= 11 is 0. The Morgan fingerprint density at radius 1 is 1.14 bits per heavy atom. The molecule has 1 amide bonds. The molecule has 2 aromatic rings. The van der Waals surface area contributed by atoms with Crippen LogP contribution >= 0.6 is 0 Å². The van der Waals surface area contributed by atoms with E-state index in [0.29, 0.717) is 13.0 Å². The van der Waals surface area contributed by atoms with Gasteiger partial charge in [-0.25, -0.2) is 9.97 Å². The quantitative estimate of drug-likeness (QED) is 0.781. The van der Waals surface area contributed by atoms with Crippen molar-refractivity contribution in [3.63, 3.8) is 0 Å². The van der Waals surface area contributed by atoms with Crippen molar-refractivity contribution in [2.75, 3.05) is 31.1 Å². The first-order chi connectivity index (χ1) is 14.0. The van der Waals surface area contributed by atoms with Gasteiger partial charge in [-0.3, -0.25) is 9.79 Å². The Labute approximate surface area is 171 Å². The second kappa shape index (κ2) is 8.19. The largest absolute Gasteiger partial charge is 0.491 e. The molecule has 0 saturated carbocycles. The van der Waals surface area contributed by atoms with E-state index in [9.17, 15) is 4.79 Å². The standard InChI is InChI=1S/C22H27N5O2/c1-4-21(28)27-9-7-26(8-10-27)20-12-19(24-14-25-20)22-18-11-17(29-15(2)3)6-5-16(18)13-23-22/h5-6,11-12,14-15H,4,7-10,13H2,1-3H3. The number of benzene rings is 1. The van der Waals surface area contributed by atoms with Crippen LogP contribution in [-0.2, 0) is 11.3 Å². The Morgan fingerprint density at radius 3 is 2.66 bits per heavy atom. The van der Waals surface area contributed by atoms with Crippen molar-refractivity contribution in [2.24, 2.45) is 4.99 Å². The molecular formula is C22H27N5O2. The lowest BCUT2D eigenvalue weighted by atomic mass is 10.0. The van der Waals surface area contributed by atoms with Crippen molar-refractivity contribution in [3.05, 3.63) is 47.4 Å². The van der Waals surface area contributed by atoms with Crippen molar-refractivity contribution >= 4 is 17.4 Å². The maximum absolute atomic E-state index is 11.9. The predicted octanol–water partition coefficient (Wildman–Crippen LogP) is 2.67. The lowest BCUT2D eigenvalue weighted by Crippen LogP contribution is -2.48. The summed E-state index contributed by atoms with van der Waals surface area (Å²) in [6.07, 6.45) is 2.28. The monoisotopic (exact) mass is 393 g/mol. The summed E-state index contributed by atoms with van der Waals surface area (Å²) in [6.45, 7) is 9.61. The van der Waals surface area contributed by atoms with Crippen LogP contribution in [0.2, 0.25) is 0 Å². The molecule has 0 radical (unpaired) electrons. The molecule has 1 aromatic heterocycles. The zero-order valence-electron chi connectivity index (χ0n) is 17.3. The van der Waals surface area contributed by atoms with Gasteiger partial charge in [-0.2, -0.15) is 0 Å². The van der Waals surface area contributed by atoms with Gasteiger partial charge >= 0.3 is 0 Å². The highest BCUT2D eigenvalue weighted by atomic mass is 16.5. The molecule has 0 atom stereocenters. The number of hydrogen-bond donors (Lipinski definition) is 0. The number of nitrogens with zero attached hydrogens (tertiary/aromatic N) is 5. The van der Waals surface area contributed by atoms with Crippen LogP contribution in [0, 0.1) is 0 Å². The summed E-state index contributed by atoms with van der Waals surface area (Å²) in [5, 5.41) is 0. The summed E-state index contributed by atoms with van der Waals surface area (Å²) in [7, 11) is 0. The number of ether oxygens (including phenoxy) is 1. The van der Waals surface area contributed by atoms with Gasteiger partial charge in [-0.1, -0.05) is 13.0 Å². The molecule has 0 spiro atoms. The molecule has 0 unspecified atom stereocenters. The summed E-state index contributed by atoms with van der Waals surface area (Å²) in [5.74, 6) is 1.94. The maximum atomic E-state index is 11.9. The Morgan fingerprint density at radius 2 is 1.93 bits per heavy atom. The molecule has 4 rings (SSSR count). The molecule has 0 bridgehead atoms. The highest BCUT2D eigenvalue weighted by Crippen LogP contribution is 2.28. The average Bonchev–Trinajstić information content (AvgIpc) is 3.16. The number of piperazine rings is 1. The van der Waals surface area contributed by atoms with E-state index in [1.165, 1.54) is 5.56 Å². The number of fused-ring (bicyclic) bond motifs is 1. The van der Waals surface area contributed by atoms with Gasteiger partial charge in [-0.05, 0) is 31.5 Å². The molecule has 7 nitrogen and oxygen atoms in total. The van der Waals surface area contributed by atoms with Gasteiger partial charge < -0.3 is 14.5 Å². The van der Waals surface area contributed by atoms with Crippen LogP contribution in [0.1, 0.15) is 44.0 Å². The Balaban J connectivity index is 1.53. The van der Waals surface area contributed by atoms with E-state index in [0.717, 1.165) is 54.7 Å². The van der Waals surface area contributed by atoms with E-state index in [1.54, 1.807) is 6.33 Å². The van der Waals surface area contributed by atoms with E-state index in [4.69, 9.17) is 9.73 Å². The first-order valence-corrected chi connectivity index (χ1v) is 10.2. The van der Waals surface area contributed by atoms with Gasteiger partial charge in [0.2, 0.25) is 5.91 Å². The highest BCUT2D eigenvalue weighted by Gasteiger charge is 2.23. The molecule has 0 aliphatic carbocycles. The molecule has 29 heavy (non-hydrogen) atoms. The first kappa shape index (κ1) is 19.4. The average molecular weight is 393 g/mol. The molecule has 152 valence electrons. The highest BCUT2D eigenvalue weighted by molar-refractivity contribution is 6.14. The minimum absolute atomic E-state index is 0.124. The number of carbonyl (C=O) groups excluding carboxylic acids is 1. The van der Waals surface area contributed by atoms with Crippen molar-refractivity contribution < 1.29 is 9.53 Å². The van der Waals surface area contributed by atoms with E-state index >= 15 is 0 Å². The number of anilines is 1. The topological polar surface area (TPSA) is 70.9 Å². The Bertz CT molecular complexity index is 933. The lowest BCUT2D eigenvalue weighted by molar-refractivity contribution is -0.131. The van der Waals surface area contributed by atoms with Gasteiger partial charge in [0, 0.05) is 44.2 Å². The van der Waals surface area contributed by atoms with Crippen LogP contribution in [0.4, 0.5) is 5.82 Å². The Hall–Kier alpha value is -2.96. The van der Waals surface area contributed by atoms with Gasteiger partial charge in [0.1, 0.15) is 17.9 Å². The second-order valence-corrected chi connectivity index (χ2v) is 7.63. The van der Waals surface area contributed by atoms with Crippen LogP contribution < -0.4 is 9.64 Å². The SMILES string of the molecule is CCC(=O)N1CCN(c2cc(C3=NCc4ccc(OC(C)C)cc43)ncn2)CC1. The van der Waals surface area contributed by atoms with E-state index in [2.05, 4.69) is 27.0 Å². The summed E-state index contributed by atoms with van der Waals surface area (Å²) in [6, 6.07) is 8.13. The minimum atomic E-state index is 0.124. The smallest absolute Gasteiger partial charge is 0.222 e. The van der Waals surface area contributed by atoms with Crippen molar-refractivity contribution in [2.45, 2.75) is 39.8 Å². The molecule has 1 aromatic carbocycles. The number of hydrogen-bond acceptors (Lipinski definition) is 6. The maximum Gasteiger partial charge on any atom is 0.222 e. The van der Waals surface area contributed by atoms with E-state index in [1.807, 2.05) is 37.8 Å². The number of rotatable bonds is 5. The van der Waals surface area contributed by atoms with Gasteiger partial charge in [0.05, 0.1) is 24.1 Å². The third-order valence-corrected chi connectivity index (χ3v) is 5.27. The van der Waals surface area contributed by atoms with Crippen LogP contribution in [0.25, 0.3) is 0 Å². The van der Waals surface area contributed by atoms with Gasteiger partial charge in [0.15, 0.2) is 0 Å². The number of amides is 1. The predicted molar refractivity (Wildman–Crippen MR) is 113 cm³/mol. The zero-order chi connectivity index (χ0) is 20.4. The fourth-order valence-corrected chi connectivity index (χ4v) is 3.79. The second-order valence-electron chi connectivity index (χ2n) is 7.63. The fraction of sp³-hybridized carbons (Fsp3) is 0.455. The van der Waals surface area contributed by atoms with E-state index in [-0.39, 0.29) is 12.0 Å². The van der Waals surface area contributed by atoms with E-state index < -0.39 is 0 Å². The molecule has 0 N–H and O–H groups in total. The van der Waals surface area contributed by atoms with Crippen molar-refractivity contribution in [1.29, 1.82) is 0 Å². The number of aromatic nitrogens is 2. The van der Waals surface area contributed by atoms with Crippen LogP contribution in [0.15, 0.2) is 35.6 Å². The van der Waals surface area contributed by atoms with Crippen molar-refractivity contribution in [1.82, 2.24) is 14.9 Å². The summed E-state index contributed by atoms with van der Waals surface area (Å²) < 4.78 is 5.85. The lowest BCUT2D eigenvalue weighted by Gasteiger charge is -2.35. The van der Waals surface area contributed by atoms with Gasteiger partial charge in [-0.15, -0.1) is 0 Å². The van der Waals surface area contributed by atoms with Crippen LogP contribution in [0.3, 0.4) is 0 Å². The molecular weight excluding hydrogens is 366 g/mol. The molecule has 7 heteroatoms. The number of carbonyl (C=O) groups is 1. The summed E-state index contributed by atoms with van der Waals surface area (Å²) in [5.41, 5.74) is 3.97. The summed E-state index contributed by atoms with van der Waals surface area (Å²) in [4.78, 5) is 29.7. The molecule has 2 aliphatic rings. The minimum Gasteiger partial charge on any atom is -0.491 e. The normalized spacial score (nSPS) is 16.1. The van der Waals surface area contributed by atoms with Crippen LogP contribution in [-0.4, -0.2) is 58.8 Å². The Kier molecular flexibility index (Phi) is 5.47. The molecule has 1 fully saturated rings. The molecule has 1 saturated heterocycles. The zero-order valence-corrected chi connectivity index (χ0v) is 17.3. The van der Waals surface area contributed by atoms with Crippen LogP contribution in [0.5, 0.6) is 5.75 Å². The van der Waals surface area contributed by atoms with Crippen molar-refractivity contribution in [3.8, 4) is 5.75 Å². The van der Waals surface area contributed by atoms with Gasteiger partial charge in [0.25, 0.3) is 0 Å². The third-order valence-electron chi connectivity index (χ3n) is 5.27. The first-order valence-electron chi connectivity index (χ1n) is 10.2. The fourth-order valence-electron chi connectivity index (χ4n) is 3.79. The molecule has 3 heterocycles. The number of aliphatic imine (C=N–C) groups is 1.